The van der Waals surface area contributed by atoms with Crippen LogP contribution >= 0.6 is 0 Å². The first-order chi connectivity index (χ1) is 17.6. The fourth-order valence-corrected chi connectivity index (χ4v) is 4.61. The van der Waals surface area contributed by atoms with E-state index in [4.69, 9.17) is 4.74 Å². The van der Waals surface area contributed by atoms with E-state index in [-0.39, 0.29) is 10.8 Å². The first kappa shape index (κ1) is 24.8. The third kappa shape index (κ3) is 5.44. The van der Waals surface area contributed by atoms with E-state index in [1.807, 2.05) is 12.3 Å². The van der Waals surface area contributed by atoms with Gasteiger partial charge in [0.25, 0.3) is 0 Å². The molecule has 2 aliphatic heterocycles. The molecule has 186 valence electrons. The Kier molecular flexibility index (Phi) is 6.37. The molecule has 2 nitrogen and oxygen atoms in total. The summed E-state index contributed by atoms with van der Waals surface area (Å²) in [5, 5.41) is 0. The number of nitrogens with one attached hydrogen (secondary N) is 1. The Hall–Kier alpha value is -3.91. The van der Waals surface area contributed by atoms with Gasteiger partial charge in [-0.2, -0.15) is 0 Å². The molecule has 0 saturated carbocycles. The minimum absolute atomic E-state index is 0.111. The van der Waals surface area contributed by atoms with Crippen LogP contribution in [0.15, 0.2) is 103 Å². The highest BCUT2D eigenvalue weighted by Crippen LogP contribution is 2.34. The summed E-state index contributed by atoms with van der Waals surface area (Å²) >= 11 is 0. The summed E-state index contributed by atoms with van der Waals surface area (Å²) in [4.78, 5) is 3.35. The SMILES string of the molecule is CC(C)(C)c1ccc(C2=C/C(=C\C=C3/C=[NH+]c4ccccc43)OC(c3ccc(C(C)(C)C)cc3)=C2)cc1. The second-order valence-electron chi connectivity index (χ2n) is 11.9. The molecule has 0 fully saturated rings. The summed E-state index contributed by atoms with van der Waals surface area (Å²) in [5.74, 6) is 1.68. The third-order valence-corrected chi connectivity index (χ3v) is 6.98. The van der Waals surface area contributed by atoms with Crippen LogP contribution in [0.2, 0.25) is 0 Å². The molecule has 5 rings (SSSR count). The Morgan fingerprint density at radius 1 is 0.649 bits per heavy atom. The van der Waals surface area contributed by atoms with E-state index in [9.17, 15) is 0 Å². The highest BCUT2D eigenvalue weighted by Gasteiger charge is 2.20. The number of fused-ring (bicyclic) bond motifs is 1. The van der Waals surface area contributed by atoms with Gasteiger partial charge < -0.3 is 4.74 Å². The maximum atomic E-state index is 6.44. The van der Waals surface area contributed by atoms with Crippen molar-refractivity contribution in [3.8, 4) is 0 Å². The Morgan fingerprint density at radius 3 is 1.86 bits per heavy atom. The first-order valence-electron chi connectivity index (χ1n) is 13.0. The van der Waals surface area contributed by atoms with Crippen molar-refractivity contribution in [3.63, 3.8) is 0 Å². The Balaban J connectivity index is 1.53. The Morgan fingerprint density at radius 2 is 1.24 bits per heavy atom. The number of ether oxygens (including phenoxy) is 1. The van der Waals surface area contributed by atoms with Gasteiger partial charge >= 0.3 is 0 Å². The molecule has 0 aliphatic carbocycles. The predicted octanol–water partition coefficient (Wildman–Crippen LogP) is 7.50. The second kappa shape index (κ2) is 9.52. The molecule has 37 heavy (non-hydrogen) atoms. The summed E-state index contributed by atoms with van der Waals surface area (Å²) in [5.41, 5.74) is 9.73. The fourth-order valence-electron chi connectivity index (χ4n) is 4.61. The van der Waals surface area contributed by atoms with Crippen molar-refractivity contribution in [2.75, 3.05) is 0 Å². The van der Waals surface area contributed by atoms with Gasteiger partial charge in [-0.3, -0.25) is 0 Å². The molecule has 2 heteroatoms. The van der Waals surface area contributed by atoms with Gasteiger partial charge in [-0.25, -0.2) is 4.99 Å². The maximum Gasteiger partial charge on any atom is 0.211 e. The van der Waals surface area contributed by atoms with Crippen LogP contribution in [-0.2, 0) is 15.6 Å². The smallest absolute Gasteiger partial charge is 0.211 e. The van der Waals surface area contributed by atoms with E-state index < -0.39 is 0 Å². The van der Waals surface area contributed by atoms with Gasteiger partial charge in [0.2, 0.25) is 5.69 Å². The van der Waals surface area contributed by atoms with Crippen molar-refractivity contribution in [3.05, 3.63) is 131 Å². The van der Waals surface area contributed by atoms with Crippen molar-refractivity contribution in [1.29, 1.82) is 0 Å². The molecule has 0 unspecified atom stereocenters. The number of rotatable bonds is 3. The highest BCUT2D eigenvalue weighted by atomic mass is 16.5. The number of allylic oxidation sites excluding steroid dienone is 6. The van der Waals surface area contributed by atoms with E-state index >= 15 is 0 Å². The number of hydrogen-bond acceptors (Lipinski definition) is 1. The lowest BCUT2D eigenvalue weighted by molar-refractivity contribution is -0.342. The van der Waals surface area contributed by atoms with Gasteiger partial charge in [0, 0.05) is 11.6 Å². The molecule has 1 N–H and O–H groups in total. The normalized spacial score (nSPS) is 17.5. The summed E-state index contributed by atoms with van der Waals surface area (Å²) in [7, 11) is 0. The van der Waals surface area contributed by atoms with Crippen molar-refractivity contribution in [2.24, 2.45) is 0 Å². The van der Waals surface area contributed by atoms with E-state index in [2.05, 4.69) is 138 Å². The zero-order valence-corrected chi connectivity index (χ0v) is 22.7. The molecule has 0 saturated heterocycles. The van der Waals surface area contributed by atoms with Gasteiger partial charge in [0.15, 0.2) is 6.21 Å². The zero-order valence-electron chi connectivity index (χ0n) is 22.7. The van der Waals surface area contributed by atoms with Gasteiger partial charge in [-0.15, -0.1) is 0 Å². The fraction of sp³-hybridized carbons (Fsp3) is 0.229. The predicted molar refractivity (Wildman–Crippen MR) is 157 cm³/mol. The molecular formula is C35H36NO+. The van der Waals surface area contributed by atoms with Crippen molar-refractivity contribution in [1.82, 2.24) is 0 Å². The van der Waals surface area contributed by atoms with Crippen LogP contribution in [0.1, 0.15) is 69.4 Å². The highest BCUT2D eigenvalue weighted by molar-refractivity contribution is 6.11. The van der Waals surface area contributed by atoms with E-state index in [0.29, 0.717) is 0 Å². The number of hydrogen-bond donors (Lipinski definition) is 1. The van der Waals surface area contributed by atoms with Gasteiger partial charge in [-0.1, -0.05) is 102 Å². The molecule has 3 aromatic rings. The topological polar surface area (TPSA) is 23.2 Å². The monoisotopic (exact) mass is 486 g/mol. The molecule has 2 aliphatic rings. The van der Waals surface area contributed by atoms with Crippen LogP contribution in [0.25, 0.3) is 16.9 Å². The average Bonchev–Trinajstić information content (AvgIpc) is 3.29. The average molecular weight is 487 g/mol. The van der Waals surface area contributed by atoms with Crippen LogP contribution < -0.4 is 4.99 Å². The van der Waals surface area contributed by atoms with E-state index in [1.165, 1.54) is 22.3 Å². The lowest BCUT2D eigenvalue weighted by Gasteiger charge is -2.22. The molecule has 0 aromatic heterocycles. The molecule has 0 spiro atoms. The second-order valence-corrected chi connectivity index (χ2v) is 11.9. The molecule has 0 atom stereocenters. The van der Waals surface area contributed by atoms with Crippen LogP contribution in [-0.4, -0.2) is 6.21 Å². The third-order valence-electron chi connectivity index (χ3n) is 6.98. The number of para-hydroxylation sites is 1. The summed E-state index contributed by atoms with van der Waals surface area (Å²) in [6, 6.07) is 26.0. The Bertz CT molecular complexity index is 1460. The zero-order chi connectivity index (χ0) is 26.2. The molecule has 3 aromatic carbocycles. The van der Waals surface area contributed by atoms with Crippen molar-refractivity contribution >= 4 is 28.8 Å². The molecular weight excluding hydrogens is 450 g/mol. The maximum absolute atomic E-state index is 6.44. The van der Waals surface area contributed by atoms with Gasteiger partial charge in [-0.05, 0) is 63.5 Å². The van der Waals surface area contributed by atoms with E-state index in [1.54, 1.807) is 0 Å². The van der Waals surface area contributed by atoms with Crippen molar-refractivity contribution in [2.45, 2.75) is 52.4 Å². The molecule has 0 amide bonds. The quantitative estimate of drug-likeness (QED) is 0.407. The van der Waals surface area contributed by atoms with Crippen molar-refractivity contribution < 1.29 is 9.73 Å². The van der Waals surface area contributed by atoms with Crippen LogP contribution in [0.4, 0.5) is 5.69 Å². The number of benzene rings is 3. The Labute approximate surface area is 221 Å². The summed E-state index contributed by atoms with van der Waals surface area (Å²) in [6.07, 6.45) is 10.5. The van der Waals surface area contributed by atoms with Crippen LogP contribution in [0.3, 0.4) is 0 Å². The lowest BCUT2D eigenvalue weighted by atomic mass is 9.86. The lowest BCUT2D eigenvalue weighted by Crippen LogP contribution is -2.58. The minimum atomic E-state index is 0.111. The minimum Gasteiger partial charge on any atom is -0.457 e. The standard InChI is InChI=1S/C35H35NO/c1-34(2,3)28-16-11-24(12-17-28)27-21-30(20-15-26-23-36-32-10-8-7-9-31(26)32)37-33(22-27)25-13-18-29(19-14-25)35(4,5)6/h7-23H,1-6H3/p+1/b26-15+,30-20+. The molecule has 0 radical (unpaired) electrons. The van der Waals surface area contributed by atoms with Crippen LogP contribution in [0.5, 0.6) is 0 Å². The largest absolute Gasteiger partial charge is 0.457 e. The summed E-state index contributed by atoms with van der Waals surface area (Å²) < 4.78 is 6.44. The summed E-state index contributed by atoms with van der Waals surface area (Å²) in [6.45, 7) is 13.5. The van der Waals surface area contributed by atoms with E-state index in [0.717, 1.165) is 33.9 Å². The van der Waals surface area contributed by atoms with Gasteiger partial charge in [0.1, 0.15) is 11.5 Å². The van der Waals surface area contributed by atoms with Crippen LogP contribution in [0, 0.1) is 0 Å². The molecule has 0 bridgehead atoms. The first-order valence-corrected chi connectivity index (χ1v) is 13.0. The molecule has 2 heterocycles. The van der Waals surface area contributed by atoms with Gasteiger partial charge in [0.05, 0.1) is 11.1 Å².